The molecule has 0 saturated carbocycles. The Labute approximate surface area is 301 Å². The highest BCUT2D eigenvalue weighted by atomic mass is 16.3. The highest BCUT2D eigenvalue weighted by Gasteiger charge is 2.24. The molecule has 0 amide bonds. The van der Waals surface area contributed by atoms with Crippen molar-refractivity contribution in [3.63, 3.8) is 0 Å². The number of hydrogen-bond acceptors (Lipinski definition) is 2. The quantitative estimate of drug-likeness (QED) is 0.182. The highest BCUT2D eigenvalue weighted by Crippen LogP contribution is 2.51. The number of benzene rings is 9. The Balaban J connectivity index is 1.02. The Morgan fingerprint density at radius 3 is 1.52 bits per heavy atom. The van der Waals surface area contributed by atoms with Crippen molar-refractivity contribution < 1.29 is 4.42 Å². The van der Waals surface area contributed by atoms with Crippen LogP contribution in [0.2, 0.25) is 0 Å². The van der Waals surface area contributed by atoms with Gasteiger partial charge in [0.1, 0.15) is 11.2 Å². The summed E-state index contributed by atoms with van der Waals surface area (Å²) in [6.45, 7) is 0. The Hall–Kier alpha value is -6.90. The predicted octanol–water partition coefficient (Wildman–Crippen LogP) is 14.3. The van der Waals surface area contributed by atoms with Gasteiger partial charge in [0.2, 0.25) is 0 Å². The van der Waals surface area contributed by atoms with Crippen molar-refractivity contribution in [3.8, 4) is 44.5 Å². The standard InChI is InChI=1S/C50H31NO/c1-2-9-32(10-3-1)33-17-22-39(23-18-33)51(40-24-19-34(20-25-40)42-14-8-15-44-43-13-6-7-16-49(43)52-50(42)44)41-26-21-37-30-47-45-28-35-11-4-5-12-36(35)29-46(45)48(47)31-38(37)27-41/h1-31H. The first-order valence-corrected chi connectivity index (χ1v) is 17.8. The summed E-state index contributed by atoms with van der Waals surface area (Å²) in [5, 5.41) is 7.33. The Bertz CT molecular complexity index is 2990. The zero-order valence-corrected chi connectivity index (χ0v) is 28.3. The fraction of sp³-hybridized carbons (Fsp3) is 0. The molecular weight excluding hydrogens is 631 g/mol. The van der Waals surface area contributed by atoms with E-state index < -0.39 is 0 Å². The van der Waals surface area contributed by atoms with Crippen molar-refractivity contribution in [1.82, 2.24) is 0 Å². The van der Waals surface area contributed by atoms with Gasteiger partial charge in [0.15, 0.2) is 0 Å². The topological polar surface area (TPSA) is 16.4 Å². The van der Waals surface area contributed by atoms with Gasteiger partial charge in [-0.1, -0.05) is 121 Å². The van der Waals surface area contributed by atoms with Crippen molar-refractivity contribution in [2.24, 2.45) is 0 Å². The predicted molar refractivity (Wildman–Crippen MR) is 219 cm³/mol. The number of hydrogen-bond donors (Lipinski definition) is 0. The van der Waals surface area contributed by atoms with Crippen LogP contribution in [0.3, 0.4) is 0 Å². The molecule has 1 aromatic heterocycles. The van der Waals surface area contributed by atoms with Crippen LogP contribution in [0.15, 0.2) is 192 Å². The lowest BCUT2D eigenvalue weighted by Gasteiger charge is -2.28. The molecule has 1 aliphatic carbocycles. The van der Waals surface area contributed by atoms with Crippen molar-refractivity contribution in [3.05, 3.63) is 188 Å². The maximum atomic E-state index is 6.40. The van der Waals surface area contributed by atoms with E-state index in [1.165, 1.54) is 54.9 Å². The van der Waals surface area contributed by atoms with Crippen LogP contribution < -0.4 is 4.90 Å². The highest BCUT2D eigenvalue weighted by molar-refractivity contribution is 6.12. The Morgan fingerprint density at radius 1 is 0.308 bits per heavy atom. The van der Waals surface area contributed by atoms with Crippen molar-refractivity contribution in [2.75, 3.05) is 4.90 Å². The zero-order chi connectivity index (χ0) is 34.2. The summed E-state index contributed by atoms with van der Waals surface area (Å²) in [4.78, 5) is 2.36. The number of furan rings is 1. The summed E-state index contributed by atoms with van der Waals surface area (Å²) in [5.74, 6) is 0. The lowest BCUT2D eigenvalue weighted by atomic mass is 9.78. The van der Waals surface area contributed by atoms with E-state index in [-0.39, 0.29) is 0 Å². The Kier molecular flexibility index (Phi) is 6.28. The number of anilines is 3. The minimum atomic E-state index is 0.912. The van der Waals surface area contributed by atoms with Crippen LogP contribution in [-0.4, -0.2) is 0 Å². The average Bonchev–Trinajstić information content (AvgIpc) is 3.60. The molecule has 1 heterocycles. The average molecular weight is 662 g/mol. The summed E-state index contributed by atoms with van der Waals surface area (Å²) in [6.07, 6.45) is 0. The molecule has 0 radical (unpaired) electrons. The molecule has 0 spiro atoms. The van der Waals surface area contributed by atoms with E-state index in [1.807, 2.05) is 12.1 Å². The lowest BCUT2D eigenvalue weighted by Crippen LogP contribution is -2.10. The maximum absolute atomic E-state index is 6.40. The number of para-hydroxylation sites is 2. The molecule has 11 rings (SSSR count). The minimum absolute atomic E-state index is 0.912. The van der Waals surface area contributed by atoms with Gasteiger partial charge in [0.25, 0.3) is 0 Å². The molecule has 0 atom stereocenters. The molecule has 2 heteroatoms. The van der Waals surface area contributed by atoms with Gasteiger partial charge in [0, 0.05) is 33.4 Å². The van der Waals surface area contributed by atoms with Crippen LogP contribution in [0.1, 0.15) is 0 Å². The molecule has 9 aromatic carbocycles. The van der Waals surface area contributed by atoms with Crippen LogP contribution in [0, 0.1) is 0 Å². The largest absolute Gasteiger partial charge is 0.455 e. The Morgan fingerprint density at radius 2 is 0.827 bits per heavy atom. The van der Waals surface area contributed by atoms with E-state index in [9.17, 15) is 0 Å². The molecule has 52 heavy (non-hydrogen) atoms. The second kappa shape index (κ2) is 11.3. The minimum Gasteiger partial charge on any atom is -0.455 e. The van der Waals surface area contributed by atoms with E-state index in [1.54, 1.807) is 0 Å². The van der Waals surface area contributed by atoms with Gasteiger partial charge in [-0.25, -0.2) is 0 Å². The van der Waals surface area contributed by atoms with Crippen LogP contribution in [0.4, 0.5) is 17.1 Å². The number of rotatable bonds is 5. The molecule has 0 aliphatic heterocycles. The molecule has 10 aromatic rings. The first-order chi connectivity index (χ1) is 25.7. The summed E-state index contributed by atoms with van der Waals surface area (Å²) >= 11 is 0. The molecule has 0 N–H and O–H groups in total. The zero-order valence-electron chi connectivity index (χ0n) is 28.3. The van der Waals surface area contributed by atoms with Crippen LogP contribution >= 0.6 is 0 Å². The van der Waals surface area contributed by atoms with Gasteiger partial charge in [-0.05, 0) is 127 Å². The molecular formula is C50H31NO. The monoisotopic (exact) mass is 661 g/mol. The summed E-state index contributed by atoms with van der Waals surface area (Å²) < 4.78 is 6.40. The van der Waals surface area contributed by atoms with E-state index in [0.29, 0.717) is 0 Å². The molecule has 0 saturated heterocycles. The molecule has 0 fully saturated rings. The van der Waals surface area contributed by atoms with Gasteiger partial charge < -0.3 is 9.32 Å². The van der Waals surface area contributed by atoms with Crippen molar-refractivity contribution >= 4 is 60.5 Å². The summed E-state index contributed by atoms with van der Waals surface area (Å²) in [5.41, 5.74) is 15.1. The maximum Gasteiger partial charge on any atom is 0.143 e. The van der Waals surface area contributed by atoms with E-state index in [0.717, 1.165) is 50.1 Å². The first-order valence-electron chi connectivity index (χ1n) is 17.8. The third-order valence-corrected chi connectivity index (χ3v) is 10.8. The third kappa shape index (κ3) is 4.51. The second-order valence-electron chi connectivity index (χ2n) is 13.7. The van der Waals surface area contributed by atoms with Gasteiger partial charge in [-0.2, -0.15) is 0 Å². The van der Waals surface area contributed by atoms with Crippen molar-refractivity contribution in [1.29, 1.82) is 0 Å². The molecule has 0 unspecified atom stereocenters. The van der Waals surface area contributed by atoms with Crippen LogP contribution in [0.5, 0.6) is 0 Å². The van der Waals surface area contributed by atoms with Gasteiger partial charge in [-0.15, -0.1) is 0 Å². The van der Waals surface area contributed by atoms with E-state index in [2.05, 4.69) is 181 Å². The smallest absolute Gasteiger partial charge is 0.143 e. The molecule has 242 valence electrons. The lowest BCUT2D eigenvalue weighted by molar-refractivity contribution is 0.670. The second-order valence-corrected chi connectivity index (χ2v) is 13.7. The van der Waals surface area contributed by atoms with Gasteiger partial charge in [0.05, 0.1) is 0 Å². The fourth-order valence-corrected chi connectivity index (χ4v) is 8.14. The molecule has 0 bridgehead atoms. The normalized spacial score (nSPS) is 11.8. The third-order valence-electron chi connectivity index (χ3n) is 10.8. The fourth-order valence-electron chi connectivity index (χ4n) is 8.14. The van der Waals surface area contributed by atoms with Crippen molar-refractivity contribution in [2.45, 2.75) is 0 Å². The summed E-state index contributed by atoms with van der Waals surface area (Å²) in [7, 11) is 0. The van der Waals surface area contributed by atoms with E-state index in [4.69, 9.17) is 4.42 Å². The number of fused-ring (bicyclic) bond motifs is 9. The van der Waals surface area contributed by atoms with E-state index >= 15 is 0 Å². The SMILES string of the molecule is c1ccc(-c2ccc(N(c3ccc(-c4cccc5c4oc4ccccc45)cc3)c3ccc4cc5c(cc4c3)-c3cc4ccccc4cc3-5)cc2)cc1. The van der Waals surface area contributed by atoms with Crippen LogP contribution in [-0.2, 0) is 0 Å². The van der Waals surface area contributed by atoms with Crippen LogP contribution in [0.25, 0.3) is 88.0 Å². The number of nitrogens with zero attached hydrogens (tertiary/aromatic N) is 1. The summed E-state index contributed by atoms with van der Waals surface area (Å²) in [6, 6.07) is 68.0. The first kappa shape index (κ1) is 28.9. The molecule has 2 nitrogen and oxygen atoms in total. The van der Waals surface area contributed by atoms with Gasteiger partial charge in [-0.3, -0.25) is 0 Å². The van der Waals surface area contributed by atoms with Gasteiger partial charge >= 0.3 is 0 Å². The molecule has 1 aliphatic rings.